The van der Waals surface area contributed by atoms with Gasteiger partial charge in [0.1, 0.15) is 13.3 Å². The zero-order valence-corrected chi connectivity index (χ0v) is 19.3. The average Bonchev–Trinajstić information content (AvgIpc) is 2.69. The molecule has 0 unspecified atom stereocenters. The van der Waals surface area contributed by atoms with Gasteiger partial charge in [-0.3, -0.25) is 4.98 Å². The molecule has 0 N–H and O–H groups in total. The van der Waals surface area contributed by atoms with E-state index in [0.717, 1.165) is 22.3 Å². The molecular formula is C23H32FNO3Si. The van der Waals surface area contributed by atoms with E-state index in [0.29, 0.717) is 18.1 Å². The highest BCUT2D eigenvalue weighted by Crippen LogP contribution is 2.37. The SMILES string of the molecule is C=C(CO[Si](C)(C)C(C)(C)C)c1cncc(-c2ccc(OC)c(OCCF)c2)c1. The summed E-state index contributed by atoms with van der Waals surface area (Å²) in [6.45, 7) is 15.2. The van der Waals surface area contributed by atoms with Crippen LogP contribution >= 0.6 is 0 Å². The monoisotopic (exact) mass is 417 g/mol. The van der Waals surface area contributed by atoms with Crippen LogP contribution < -0.4 is 9.47 Å². The van der Waals surface area contributed by atoms with E-state index in [1.165, 1.54) is 0 Å². The lowest BCUT2D eigenvalue weighted by atomic mass is 10.0. The number of aromatic nitrogens is 1. The quantitative estimate of drug-likeness (QED) is 0.460. The molecule has 0 spiro atoms. The lowest BCUT2D eigenvalue weighted by Crippen LogP contribution is -2.41. The van der Waals surface area contributed by atoms with Gasteiger partial charge in [-0.05, 0) is 53.0 Å². The summed E-state index contributed by atoms with van der Waals surface area (Å²) < 4.78 is 29.6. The van der Waals surface area contributed by atoms with E-state index in [4.69, 9.17) is 13.9 Å². The van der Waals surface area contributed by atoms with E-state index < -0.39 is 15.0 Å². The molecule has 0 aliphatic heterocycles. The number of ether oxygens (including phenoxy) is 2. The molecule has 29 heavy (non-hydrogen) atoms. The third-order valence-electron chi connectivity index (χ3n) is 5.39. The van der Waals surface area contributed by atoms with Gasteiger partial charge in [-0.2, -0.15) is 0 Å². The van der Waals surface area contributed by atoms with E-state index in [1.807, 2.05) is 24.3 Å². The van der Waals surface area contributed by atoms with Gasteiger partial charge in [-0.1, -0.05) is 33.4 Å². The molecule has 0 atom stereocenters. The largest absolute Gasteiger partial charge is 0.493 e. The summed E-state index contributed by atoms with van der Waals surface area (Å²) in [6.07, 6.45) is 3.58. The summed E-state index contributed by atoms with van der Waals surface area (Å²) >= 11 is 0. The number of nitrogens with zero attached hydrogens (tertiary/aromatic N) is 1. The van der Waals surface area contributed by atoms with Crippen molar-refractivity contribution in [2.24, 2.45) is 0 Å². The molecular weight excluding hydrogens is 385 g/mol. The van der Waals surface area contributed by atoms with Crippen LogP contribution in [0.3, 0.4) is 0 Å². The van der Waals surface area contributed by atoms with Gasteiger partial charge in [-0.25, -0.2) is 4.39 Å². The van der Waals surface area contributed by atoms with Crippen molar-refractivity contribution < 1.29 is 18.3 Å². The van der Waals surface area contributed by atoms with Crippen molar-refractivity contribution in [1.82, 2.24) is 4.98 Å². The Kier molecular flexibility index (Phi) is 7.60. The molecule has 0 bridgehead atoms. The van der Waals surface area contributed by atoms with Crippen LogP contribution in [-0.4, -0.2) is 40.3 Å². The minimum absolute atomic E-state index is 0.0142. The second-order valence-electron chi connectivity index (χ2n) is 8.52. The van der Waals surface area contributed by atoms with Gasteiger partial charge in [0.05, 0.1) is 13.7 Å². The van der Waals surface area contributed by atoms with Crippen LogP contribution in [-0.2, 0) is 4.43 Å². The maximum Gasteiger partial charge on any atom is 0.192 e. The number of hydrogen-bond acceptors (Lipinski definition) is 4. The fourth-order valence-electron chi connectivity index (χ4n) is 2.48. The Morgan fingerprint density at radius 1 is 1.10 bits per heavy atom. The number of methoxy groups -OCH3 is 1. The molecule has 4 nitrogen and oxygen atoms in total. The first kappa shape index (κ1) is 23.1. The topological polar surface area (TPSA) is 40.6 Å². The zero-order chi connectivity index (χ0) is 21.7. The van der Waals surface area contributed by atoms with E-state index in [2.05, 4.69) is 45.4 Å². The first-order valence-electron chi connectivity index (χ1n) is 9.73. The van der Waals surface area contributed by atoms with Gasteiger partial charge < -0.3 is 13.9 Å². The Morgan fingerprint density at radius 3 is 2.45 bits per heavy atom. The lowest BCUT2D eigenvalue weighted by molar-refractivity contribution is 0.260. The second kappa shape index (κ2) is 9.54. The highest BCUT2D eigenvalue weighted by atomic mass is 28.4. The Hall–Kier alpha value is -2.18. The molecule has 0 aliphatic rings. The summed E-state index contributed by atoms with van der Waals surface area (Å²) in [6, 6.07) is 7.61. The van der Waals surface area contributed by atoms with Gasteiger partial charge in [0.25, 0.3) is 0 Å². The number of halogens is 1. The summed E-state index contributed by atoms with van der Waals surface area (Å²) in [7, 11) is -0.290. The summed E-state index contributed by atoms with van der Waals surface area (Å²) in [5, 5.41) is 0.145. The molecule has 0 radical (unpaired) electrons. The van der Waals surface area contributed by atoms with E-state index in [1.54, 1.807) is 19.5 Å². The van der Waals surface area contributed by atoms with Crippen molar-refractivity contribution in [2.45, 2.75) is 38.9 Å². The average molecular weight is 418 g/mol. The van der Waals surface area contributed by atoms with Crippen LogP contribution in [0.25, 0.3) is 16.7 Å². The maximum atomic E-state index is 12.5. The first-order valence-corrected chi connectivity index (χ1v) is 12.6. The Labute approximate surface area is 174 Å². The normalized spacial score (nSPS) is 12.0. The van der Waals surface area contributed by atoms with Crippen molar-refractivity contribution in [2.75, 3.05) is 27.0 Å². The molecule has 0 fully saturated rings. The predicted molar refractivity (Wildman–Crippen MR) is 120 cm³/mol. The van der Waals surface area contributed by atoms with Gasteiger partial charge in [0.2, 0.25) is 0 Å². The molecule has 0 saturated heterocycles. The molecule has 2 aromatic rings. The van der Waals surface area contributed by atoms with Gasteiger partial charge in [0.15, 0.2) is 19.8 Å². The summed E-state index contributed by atoms with van der Waals surface area (Å²) in [5.74, 6) is 1.08. The van der Waals surface area contributed by atoms with Crippen LogP contribution in [0.5, 0.6) is 11.5 Å². The van der Waals surface area contributed by atoms with E-state index >= 15 is 0 Å². The molecule has 1 aromatic heterocycles. The second-order valence-corrected chi connectivity index (χ2v) is 13.3. The first-order chi connectivity index (χ1) is 13.6. The van der Waals surface area contributed by atoms with Gasteiger partial charge >= 0.3 is 0 Å². The van der Waals surface area contributed by atoms with Gasteiger partial charge in [0, 0.05) is 18.0 Å². The van der Waals surface area contributed by atoms with Crippen LogP contribution in [0.1, 0.15) is 26.3 Å². The molecule has 0 aliphatic carbocycles. The molecule has 1 aromatic carbocycles. The minimum atomic E-state index is -1.85. The fraction of sp³-hybridized carbons (Fsp3) is 0.435. The molecule has 6 heteroatoms. The van der Waals surface area contributed by atoms with Crippen molar-refractivity contribution >= 4 is 13.9 Å². The number of benzene rings is 1. The molecule has 2 rings (SSSR count). The van der Waals surface area contributed by atoms with Crippen LogP contribution in [0.15, 0.2) is 43.2 Å². The summed E-state index contributed by atoms with van der Waals surface area (Å²) in [5.41, 5.74) is 3.66. The Bertz CT molecular complexity index is 846. The number of pyridine rings is 1. The summed E-state index contributed by atoms with van der Waals surface area (Å²) in [4.78, 5) is 4.37. The highest BCUT2D eigenvalue weighted by molar-refractivity contribution is 6.74. The maximum absolute atomic E-state index is 12.5. The molecule has 1 heterocycles. The van der Waals surface area contributed by atoms with Crippen LogP contribution in [0, 0.1) is 0 Å². The standard InChI is InChI=1S/C23H32FNO3Si/c1-17(16-28-29(6,7)23(2,3)4)19-12-20(15-25-14-19)18-8-9-21(26-5)22(13-18)27-11-10-24/h8-9,12-15H,1,10-11,16H2,2-7H3. The third-order valence-corrected chi connectivity index (χ3v) is 9.87. The highest BCUT2D eigenvalue weighted by Gasteiger charge is 2.37. The van der Waals surface area contributed by atoms with Crippen molar-refractivity contribution in [1.29, 1.82) is 0 Å². The smallest absolute Gasteiger partial charge is 0.192 e. The van der Waals surface area contributed by atoms with Crippen molar-refractivity contribution in [3.05, 3.63) is 48.8 Å². The Balaban J connectivity index is 2.22. The molecule has 0 saturated carbocycles. The lowest BCUT2D eigenvalue weighted by Gasteiger charge is -2.36. The van der Waals surface area contributed by atoms with Crippen molar-refractivity contribution in [3.8, 4) is 22.6 Å². The van der Waals surface area contributed by atoms with Crippen LogP contribution in [0.2, 0.25) is 18.1 Å². The van der Waals surface area contributed by atoms with E-state index in [-0.39, 0.29) is 11.6 Å². The number of alkyl halides is 1. The number of hydrogen-bond donors (Lipinski definition) is 0. The van der Waals surface area contributed by atoms with Crippen LogP contribution in [0.4, 0.5) is 4.39 Å². The fourth-order valence-corrected chi connectivity index (χ4v) is 3.44. The Morgan fingerprint density at radius 2 is 1.83 bits per heavy atom. The molecule has 158 valence electrons. The zero-order valence-electron chi connectivity index (χ0n) is 18.3. The minimum Gasteiger partial charge on any atom is -0.493 e. The van der Waals surface area contributed by atoms with Crippen molar-refractivity contribution in [3.63, 3.8) is 0 Å². The van der Waals surface area contributed by atoms with Gasteiger partial charge in [-0.15, -0.1) is 0 Å². The molecule has 0 amide bonds. The van der Waals surface area contributed by atoms with E-state index in [9.17, 15) is 4.39 Å². The number of rotatable bonds is 9. The third kappa shape index (κ3) is 5.90. The predicted octanol–water partition coefficient (Wildman–Crippen LogP) is 6.14.